The van der Waals surface area contributed by atoms with E-state index in [9.17, 15) is 4.79 Å². The molecule has 0 saturated carbocycles. The molecule has 0 aliphatic carbocycles. The number of thiazole rings is 1. The fourth-order valence-corrected chi connectivity index (χ4v) is 3.51. The third-order valence-corrected chi connectivity index (χ3v) is 4.57. The first-order valence-corrected chi connectivity index (χ1v) is 7.93. The fourth-order valence-electron chi connectivity index (χ4n) is 1.88. The van der Waals surface area contributed by atoms with Gasteiger partial charge in [0.05, 0.1) is 15.9 Å². The number of hydrogen-bond acceptors (Lipinski definition) is 7. The summed E-state index contributed by atoms with van der Waals surface area (Å²) < 4.78 is 4.80. The summed E-state index contributed by atoms with van der Waals surface area (Å²) in [6, 6.07) is 5.47. The van der Waals surface area contributed by atoms with Crippen molar-refractivity contribution in [2.24, 2.45) is 0 Å². The van der Waals surface area contributed by atoms with Crippen LogP contribution >= 0.6 is 22.9 Å². The molecule has 0 bridgehead atoms. The SMILES string of the molecule is CC(C)c1nnsc1C(=O)Nc1nc2ccc(N)cc2s1. The Morgan fingerprint density at radius 1 is 1.38 bits per heavy atom. The van der Waals surface area contributed by atoms with Crippen molar-refractivity contribution in [2.45, 2.75) is 19.8 Å². The number of amides is 1. The number of carbonyl (C=O) groups excluding carboxylic acids is 1. The normalized spacial score (nSPS) is 11.2. The summed E-state index contributed by atoms with van der Waals surface area (Å²) in [4.78, 5) is 17.2. The van der Waals surface area contributed by atoms with Crippen LogP contribution in [-0.2, 0) is 0 Å². The third-order valence-electron chi connectivity index (χ3n) is 2.90. The van der Waals surface area contributed by atoms with Gasteiger partial charge in [0.25, 0.3) is 5.91 Å². The molecule has 0 radical (unpaired) electrons. The quantitative estimate of drug-likeness (QED) is 0.723. The van der Waals surface area contributed by atoms with E-state index in [0.717, 1.165) is 21.7 Å². The number of nitrogen functional groups attached to an aromatic ring is 1. The summed E-state index contributed by atoms with van der Waals surface area (Å²) in [6.45, 7) is 3.96. The van der Waals surface area contributed by atoms with Crippen LogP contribution < -0.4 is 11.1 Å². The highest BCUT2D eigenvalue weighted by Crippen LogP contribution is 2.28. The first kappa shape index (κ1) is 13.9. The number of hydrogen-bond donors (Lipinski definition) is 2. The predicted octanol–water partition coefficient (Wildman–Crippen LogP) is 3.11. The van der Waals surface area contributed by atoms with E-state index in [0.29, 0.717) is 21.4 Å². The summed E-state index contributed by atoms with van der Waals surface area (Å²) in [5.74, 6) is -0.0691. The van der Waals surface area contributed by atoms with Gasteiger partial charge in [0, 0.05) is 5.69 Å². The lowest BCUT2D eigenvalue weighted by Gasteiger charge is -2.03. The molecule has 108 valence electrons. The number of fused-ring (bicyclic) bond motifs is 1. The zero-order valence-corrected chi connectivity index (χ0v) is 13.1. The summed E-state index contributed by atoms with van der Waals surface area (Å²) >= 11 is 2.49. The van der Waals surface area contributed by atoms with Crippen LogP contribution in [0.5, 0.6) is 0 Å². The van der Waals surface area contributed by atoms with Gasteiger partial charge < -0.3 is 5.73 Å². The Kier molecular flexibility index (Phi) is 3.56. The Hall–Kier alpha value is -2.06. The zero-order valence-electron chi connectivity index (χ0n) is 11.5. The molecule has 0 fully saturated rings. The minimum absolute atomic E-state index is 0.152. The first-order valence-electron chi connectivity index (χ1n) is 6.34. The fraction of sp³-hybridized carbons (Fsp3) is 0.231. The molecule has 2 aromatic heterocycles. The van der Waals surface area contributed by atoms with Gasteiger partial charge in [0.1, 0.15) is 4.88 Å². The van der Waals surface area contributed by atoms with E-state index in [-0.39, 0.29) is 11.8 Å². The van der Waals surface area contributed by atoms with Crippen molar-refractivity contribution in [1.82, 2.24) is 14.6 Å². The molecule has 0 aliphatic heterocycles. The Morgan fingerprint density at radius 2 is 2.19 bits per heavy atom. The van der Waals surface area contributed by atoms with Crippen LogP contribution in [-0.4, -0.2) is 20.5 Å². The van der Waals surface area contributed by atoms with Gasteiger partial charge in [-0.2, -0.15) is 0 Å². The van der Waals surface area contributed by atoms with Gasteiger partial charge in [-0.15, -0.1) is 5.10 Å². The lowest BCUT2D eigenvalue weighted by atomic mass is 10.1. The lowest BCUT2D eigenvalue weighted by Crippen LogP contribution is -2.12. The van der Waals surface area contributed by atoms with Crippen molar-refractivity contribution in [3.05, 3.63) is 28.8 Å². The van der Waals surface area contributed by atoms with Gasteiger partial charge in [-0.3, -0.25) is 10.1 Å². The first-order chi connectivity index (χ1) is 10.0. The molecule has 0 spiro atoms. The number of nitrogens with one attached hydrogen (secondary N) is 1. The number of benzene rings is 1. The van der Waals surface area contributed by atoms with Crippen molar-refractivity contribution in [2.75, 3.05) is 11.1 Å². The summed E-state index contributed by atoms with van der Waals surface area (Å²) in [5.41, 5.74) is 7.95. The van der Waals surface area contributed by atoms with Gasteiger partial charge in [0.2, 0.25) is 0 Å². The highest BCUT2D eigenvalue weighted by molar-refractivity contribution is 7.22. The second-order valence-corrected chi connectivity index (χ2v) is 6.63. The van der Waals surface area contributed by atoms with E-state index in [1.165, 1.54) is 11.3 Å². The second-order valence-electron chi connectivity index (χ2n) is 4.84. The van der Waals surface area contributed by atoms with E-state index >= 15 is 0 Å². The van der Waals surface area contributed by atoms with Crippen molar-refractivity contribution < 1.29 is 4.79 Å². The van der Waals surface area contributed by atoms with E-state index in [2.05, 4.69) is 19.9 Å². The molecule has 21 heavy (non-hydrogen) atoms. The maximum atomic E-state index is 12.3. The molecule has 1 amide bonds. The van der Waals surface area contributed by atoms with Crippen LogP contribution in [0, 0.1) is 0 Å². The molecule has 3 rings (SSSR count). The Labute approximate surface area is 129 Å². The van der Waals surface area contributed by atoms with Crippen LogP contribution in [0.1, 0.15) is 35.1 Å². The number of nitrogens with two attached hydrogens (primary N) is 1. The molecular formula is C13H13N5OS2. The molecule has 0 saturated heterocycles. The summed E-state index contributed by atoms with van der Waals surface area (Å²) in [7, 11) is 0. The smallest absolute Gasteiger partial charge is 0.271 e. The zero-order chi connectivity index (χ0) is 15.0. The molecule has 3 N–H and O–H groups in total. The Bertz CT molecular complexity index is 808. The van der Waals surface area contributed by atoms with Crippen molar-refractivity contribution in [1.29, 1.82) is 0 Å². The standard InChI is InChI=1S/C13H13N5OS2/c1-6(2)10-11(21-18-17-10)12(19)16-13-15-8-4-3-7(14)5-9(8)20-13/h3-6H,14H2,1-2H3,(H,15,16,19). The van der Waals surface area contributed by atoms with Crippen LogP contribution in [0.4, 0.5) is 10.8 Å². The van der Waals surface area contributed by atoms with Crippen LogP contribution in [0.15, 0.2) is 18.2 Å². The lowest BCUT2D eigenvalue weighted by molar-refractivity contribution is 0.102. The van der Waals surface area contributed by atoms with Gasteiger partial charge in [-0.1, -0.05) is 29.7 Å². The number of rotatable bonds is 3. The molecule has 1 aromatic carbocycles. The number of carbonyl (C=O) groups is 1. The average Bonchev–Trinajstić information content (AvgIpc) is 3.03. The third kappa shape index (κ3) is 2.72. The molecule has 2 heterocycles. The van der Waals surface area contributed by atoms with Gasteiger partial charge >= 0.3 is 0 Å². The highest BCUT2D eigenvalue weighted by atomic mass is 32.1. The highest BCUT2D eigenvalue weighted by Gasteiger charge is 2.19. The summed E-state index contributed by atoms with van der Waals surface area (Å²) in [5, 5.41) is 7.36. The molecule has 0 unspecified atom stereocenters. The molecule has 0 atom stereocenters. The molecule has 6 nitrogen and oxygen atoms in total. The second kappa shape index (κ2) is 5.38. The molecular weight excluding hydrogens is 306 g/mol. The maximum Gasteiger partial charge on any atom is 0.271 e. The predicted molar refractivity (Wildman–Crippen MR) is 86.0 cm³/mol. The minimum atomic E-state index is -0.222. The van der Waals surface area contributed by atoms with Crippen LogP contribution in [0.3, 0.4) is 0 Å². The maximum absolute atomic E-state index is 12.3. The Balaban J connectivity index is 1.87. The molecule has 3 aromatic rings. The number of nitrogens with zero attached hydrogens (tertiary/aromatic N) is 3. The monoisotopic (exact) mass is 319 g/mol. The Morgan fingerprint density at radius 3 is 2.95 bits per heavy atom. The minimum Gasteiger partial charge on any atom is -0.399 e. The van der Waals surface area contributed by atoms with Crippen molar-refractivity contribution >= 4 is 49.8 Å². The topological polar surface area (TPSA) is 93.8 Å². The summed E-state index contributed by atoms with van der Waals surface area (Å²) in [6.07, 6.45) is 0. The largest absolute Gasteiger partial charge is 0.399 e. The van der Waals surface area contributed by atoms with Gasteiger partial charge in [-0.25, -0.2) is 4.98 Å². The van der Waals surface area contributed by atoms with Crippen molar-refractivity contribution in [3.8, 4) is 0 Å². The van der Waals surface area contributed by atoms with E-state index < -0.39 is 0 Å². The van der Waals surface area contributed by atoms with Crippen molar-refractivity contribution in [3.63, 3.8) is 0 Å². The van der Waals surface area contributed by atoms with Gasteiger partial charge in [0.15, 0.2) is 5.13 Å². The number of anilines is 2. The average molecular weight is 319 g/mol. The van der Waals surface area contributed by atoms with E-state index in [1.54, 1.807) is 6.07 Å². The number of aromatic nitrogens is 3. The van der Waals surface area contributed by atoms with E-state index in [1.807, 2.05) is 26.0 Å². The van der Waals surface area contributed by atoms with Crippen LogP contribution in [0.2, 0.25) is 0 Å². The van der Waals surface area contributed by atoms with E-state index in [4.69, 9.17) is 5.73 Å². The van der Waals surface area contributed by atoms with Crippen LogP contribution in [0.25, 0.3) is 10.2 Å². The van der Waals surface area contributed by atoms with Gasteiger partial charge in [-0.05, 0) is 35.6 Å². The molecule has 8 heteroatoms. The molecule has 0 aliphatic rings.